The number of fused-ring (bicyclic) bond motifs is 1. The standard InChI is InChI=1S/C24H28ClFN2O2/c25-20-5-3-4-18(13-20)24(30)22(15-28-8-1-2-9-28)27-23(29)12-16-10-17-6-7-21(26)14-19(17)11-16/h3-7,13-14,16,22,24,30H,1-2,8-12,15H2,(H,27,29)/t16?,22-,24-/m1/s1. The van der Waals surface area contributed by atoms with Crippen molar-refractivity contribution in [2.75, 3.05) is 19.6 Å². The number of amides is 1. The van der Waals surface area contributed by atoms with Crippen molar-refractivity contribution in [2.24, 2.45) is 5.92 Å². The van der Waals surface area contributed by atoms with Crippen molar-refractivity contribution in [2.45, 2.75) is 44.2 Å². The Morgan fingerprint density at radius 3 is 2.70 bits per heavy atom. The maximum atomic E-state index is 13.5. The Balaban J connectivity index is 1.41. The largest absolute Gasteiger partial charge is 0.386 e. The topological polar surface area (TPSA) is 52.6 Å². The average Bonchev–Trinajstić information content (AvgIpc) is 3.35. The highest BCUT2D eigenvalue weighted by Crippen LogP contribution is 2.30. The molecule has 0 bridgehead atoms. The van der Waals surface area contributed by atoms with Gasteiger partial charge in [-0.15, -0.1) is 0 Å². The van der Waals surface area contributed by atoms with E-state index in [1.807, 2.05) is 18.2 Å². The molecule has 0 spiro atoms. The van der Waals surface area contributed by atoms with Crippen molar-refractivity contribution < 1.29 is 14.3 Å². The Kier molecular flexibility index (Phi) is 6.71. The molecule has 4 nitrogen and oxygen atoms in total. The summed E-state index contributed by atoms with van der Waals surface area (Å²) in [5.74, 6) is -0.134. The smallest absolute Gasteiger partial charge is 0.220 e. The molecule has 1 heterocycles. The number of hydrogen-bond donors (Lipinski definition) is 2. The van der Waals surface area contributed by atoms with Crippen LogP contribution in [0.5, 0.6) is 0 Å². The van der Waals surface area contributed by atoms with Gasteiger partial charge in [0.05, 0.1) is 6.04 Å². The second kappa shape index (κ2) is 9.46. The quantitative estimate of drug-likeness (QED) is 0.700. The Morgan fingerprint density at radius 1 is 1.17 bits per heavy atom. The van der Waals surface area contributed by atoms with Gasteiger partial charge in [-0.1, -0.05) is 29.8 Å². The molecule has 30 heavy (non-hydrogen) atoms. The first-order valence-electron chi connectivity index (χ1n) is 10.7. The molecule has 1 saturated heterocycles. The molecule has 0 saturated carbocycles. The molecule has 3 atom stereocenters. The van der Waals surface area contributed by atoms with Gasteiger partial charge in [0.2, 0.25) is 5.91 Å². The number of carbonyl (C=O) groups is 1. The molecule has 1 aliphatic carbocycles. The lowest BCUT2D eigenvalue weighted by Gasteiger charge is -2.29. The first kappa shape index (κ1) is 21.3. The SMILES string of the molecule is O=C(CC1Cc2ccc(F)cc2C1)N[C@H](CN1CCCC1)[C@H](O)c1cccc(Cl)c1. The van der Waals surface area contributed by atoms with Crippen molar-refractivity contribution in [3.05, 3.63) is 70.0 Å². The lowest BCUT2D eigenvalue weighted by molar-refractivity contribution is -0.123. The number of nitrogens with one attached hydrogen (secondary N) is 1. The monoisotopic (exact) mass is 430 g/mol. The number of nitrogens with zero attached hydrogens (tertiary/aromatic N) is 1. The van der Waals surface area contributed by atoms with Crippen LogP contribution in [0.4, 0.5) is 4.39 Å². The summed E-state index contributed by atoms with van der Waals surface area (Å²) in [4.78, 5) is 15.1. The third-order valence-corrected chi connectivity index (χ3v) is 6.47. The molecule has 6 heteroatoms. The molecule has 2 aromatic carbocycles. The summed E-state index contributed by atoms with van der Waals surface area (Å²) >= 11 is 6.10. The van der Waals surface area contributed by atoms with E-state index in [9.17, 15) is 14.3 Å². The van der Waals surface area contributed by atoms with Crippen LogP contribution in [0.3, 0.4) is 0 Å². The molecular formula is C24H28ClFN2O2. The number of benzene rings is 2. The van der Waals surface area contributed by atoms with E-state index in [1.54, 1.807) is 18.2 Å². The first-order chi connectivity index (χ1) is 14.5. The van der Waals surface area contributed by atoms with E-state index in [1.165, 1.54) is 6.07 Å². The number of aliphatic hydroxyl groups excluding tert-OH is 1. The number of aliphatic hydroxyl groups is 1. The maximum absolute atomic E-state index is 13.5. The Hall–Kier alpha value is -1.95. The van der Waals surface area contributed by atoms with Crippen LogP contribution in [0.15, 0.2) is 42.5 Å². The van der Waals surface area contributed by atoms with Crippen molar-refractivity contribution in [3.8, 4) is 0 Å². The zero-order valence-corrected chi connectivity index (χ0v) is 17.7. The minimum Gasteiger partial charge on any atom is -0.386 e. The van der Waals surface area contributed by atoms with Gasteiger partial charge in [0, 0.05) is 18.0 Å². The molecule has 0 aromatic heterocycles. The lowest BCUT2D eigenvalue weighted by Crippen LogP contribution is -2.47. The normalized spacial score (nSPS) is 20.7. The minimum absolute atomic E-state index is 0.0708. The fraction of sp³-hybridized carbons (Fsp3) is 0.458. The molecule has 2 aromatic rings. The second-order valence-electron chi connectivity index (χ2n) is 8.57. The molecule has 1 fully saturated rings. The Bertz CT molecular complexity index is 901. The van der Waals surface area contributed by atoms with Gasteiger partial charge in [0.1, 0.15) is 11.9 Å². The molecule has 4 rings (SSSR count). The second-order valence-corrected chi connectivity index (χ2v) is 9.01. The summed E-state index contributed by atoms with van der Waals surface area (Å²) in [6.07, 6.45) is 3.33. The van der Waals surface area contributed by atoms with Gasteiger partial charge in [-0.3, -0.25) is 4.79 Å². The van der Waals surface area contributed by atoms with Gasteiger partial charge in [0.15, 0.2) is 0 Å². The third-order valence-electron chi connectivity index (χ3n) is 6.23. The van der Waals surface area contributed by atoms with E-state index in [0.29, 0.717) is 30.0 Å². The molecule has 2 aliphatic rings. The summed E-state index contributed by atoms with van der Waals surface area (Å²) in [6, 6.07) is 11.6. The number of carbonyl (C=O) groups excluding carboxylic acids is 1. The van der Waals surface area contributed by atoms with Crippen LogP contribution in [-0.4, -0.2) is 41.6 Å². The molecule has 2 N–H and O–H groups in total. The van der Waals surface area contributed by atoms with Crippen molar-refractivity contribution in [1.29, 1.82) is 0 Å². The summed E-state index contributed by atoms with van der Waals surface area (Å²) in [5, 5.41) is 14.6. The number of likely N-dealkylation sites (tertiary alicyclic amines) is 1. The van der Waals surface area contributed by atoms with Crippen LogP contribution in [-0.2, 0) is 17.6 Å². The molecule has 1 aliphatic heterocycles. The fourth-order valence-corrected chi connectivity index (χ4v) is 4.94. The summed E-state index contributed by atoms with van der Waals surface area (Å²) in [5.41, 5.74) is 2.83. The Morgan fingerprint density at radius 2 is 1.93 bits per heavy atom. The van der Waals surface area contributed by atoms with Crippen LogP contribution in [0, 0.1) is 11.7 Å². The van der Waals surface area contributed by atoms with Crippen LogP contribution in [0.1, 0.15) is 42.1 Å². The van der Waals surface area contributed by atoms with E-state index in [-0.39, 0.29) is 17.6 Å². The molecule has 0 radical (unpaired) electrons. The molecular weight excluding hydrogens is 403 g/mol. The minimum atomic E-state index is -0.830. The van der Waals surface area contributed by atoms with Crippen LogP contribution < -0.4 is 5.32 Å². The van der Waals surface area contributed by atoms with Crippen LogP contribution >= 0.6 is 11.6 Å². The number of halogens is 2. The summed E-state index contributed by atoms with van der Waals surface area (Å²) in [7, 11) is 0. The van der Waals surface area contributed by atoms with Crippen LogP contribution in [0.25, 0.3) is 0 Å². The predicted molar refractivity (Wildman–Crippen MR) is 116 cm³/mol. The van der Waals surface area contributed by atoms with E-state index in [4.69, 9.17) is 11.6 Å². The maximum Gasteiger partial charge on any atom is 0.220 e. The lowest BCUT2D eigenvalue weighted by atomic mass is 9.99. The van der Waals surface area contributed by atoms with Crippen molar-refractivity contribution >= 4 is 17.5 Å². The molecule has 1 amide bonds. The van der Waals surface area contributed by atoms with Gasteiger partial charge in [-0.2, -0.15) is 0 Å². The highest BCUT2D eigenvalue weighted by molar-refractivity contribution is 6.30. The van der Waals surface area contributed by atoms with Gasteiger partial charge in [0.25, 0.3) is 0 Å². The summed E-state index contributed by atoms with van der Waals surface area (Å²) < 4.78 is 13.5. The fourth-order valence-electron chi connectivity index (χ4n) is 4.74. The molecule has 160 valence electrons. The zero-order valence-electron chi connectivity index (χ0n) is 17.0. The predicted octanol–water partition coefficient (Wildman–Crippen LogP) is 3.90. The van der Waals surface area contributed by atoms with Gasteiger partial charge in [-0.25, -0.2) is 4.39 Å². The van der Waals surface area contributed by atoms with Gasteiger partial charge in [-0.05, 0) is 85.6 Å². The highest BCUT2D eigenvalue weighted by Gasteiger charge is 2.29. The van der Waals surface area contributed by atoms with Gasteiger partial charge < -0.3 is 15.3 Å². The number of rotatable bonds is 7. The Labute approximate surface area is 182 Å². The van der Waals surface area contributed by atoms with Crippen molar-refractivity contribution in [1.82, 2.24) is 10.2 Å². The summed E-state index contributed by atoms with van der Waals surface area (Å²) in [6.45, 7) is 2.58. The first-order valence-corrected chi connectivity index (χ1v) is 11.1. The third kappa shape index (κ3) is 5.20. The zero-order chi connectivity index (χ0) is 21.1. The van der Waals surface area contributed by atoms with Gasteiger partial charge >= 0.3 is 0 Å². The highest BCUT2D eigenvalue weighted by atomic mass is 35.5. The molecule has 1 unspecified atom stereocenters. The van der Waals surface area contributed by atoms with E-state index in [0.717, 1.165) is 43.5 Å². The van der Waals surface area contributed by atoms with E-state index < -0.39 is 12.1 Å². The van der Waals surface area contributed by atoms with E-state index in [2.05, 4.69) is 10.2 Å². The number of hydrogen-bond acceptors (Lipinski definition) is 3. The average molecular weight is 431 g/mol. The van der Waals surface area contributed by atoms with E-state index >= 15 is 0 Å². The van der Waals surface area contributed by atoms with Crippen molar-refractivity contribution in [3.63, 3.8) is 0 Å². The van der Waals surface area contributed by atoms with Crippen LogP contribution in [0.2, 0.25) is 5.02 Å².